The number of anilines is 1. The number of carbonyl (C=O) groups excluding carboxylic acids is 1. The van der Waals surface area contributed by atoms with Gasteiger partial charge in [0.15, 0.2) is 0 Å². The van der Waals surface area contributed by atoms with Crippen molar-refractivity contribution < 1.29 is 14.6 Å². The minimum Gasteiger partial charge on any atom is -0.497 e. The van der Waals surface area contributed by atoms with Gasteiger partial charge in [-0.2, -0.15) is 0 Å². The number of aliphatic hydroxyl groups is 1. The molecule has 1 unspecified atom stereocenters. The lowest BCUT2D eigenvalue weighted by Crippen LogP contribution is -2.38. The van der Waals surface area contributed by atoms with Gasteiger partial charge in [-0.05, 0) is 67.0 Å². The predicted octanol–water partition coefficient (Wildman–Crippen LogP) is 5.25. The molecule has 2 aliphatic rings. The van der Waals surface area contributed by atoms with Crippen molar-refractivity contribution in [3.63, 3.8) is 0 Å². The maximum Gasteiger partial charge on any atom is 0.231 e. The van der Waals surface area contributed by atoms with Crippen LogP contribution in [0.25, 0.3) is 10.9 Å². The first-order valence-electron chi connectivity index (χ1n) is 13.6. The zero-order valence-electron chi connectivity index (χ0n) is 21.9. The number of aromatic nitrogens is 1. The molecule has 0 spiro atoms. The fraction of sp³-hybridized carbons (Fsp3) is 0.344. The van der Waals surface area contributed by atoms with Gasteiger partial charge >= 0.3 is 0 Å². The highest BCUT2D eigenvalue weighted by molar-refractivity contribution is 5.94. The van der Waals surface area contributed by atoms with Gasteiger partial charge in [0.25, 0.3) is 0 Å². The van der Waals surface area contributed by atoms with Crippen molar-refractivity contribution in [2.24, 2.45) is 0 Å². The molecule has 2 heterocycles. The highest BCUT2D eigenvalue weighted by Crippen LogP contribution is 2.50. The average Bonchev–Trinajstić information content (AvgIpc) is 3.40. The number of benzene rings is 3. The summed E-state index contributed by atoms with van der Waals surface area (Å²) in [7, 11) is 1.70. The van der Waals surface area contributed by atoms with Crippen LogP contribution in [0.5, 0.6) is 5.75 Å². The topological polar surface area (TPSA) is 77.6 Å². The monoisotopic (exact) mass is 509 g/mol. The van der Waals surface area contributed by atoms with E-state index in [0.29, 0.717) is 6.42 Å². The molecular formula is C32H35N3O3. The number of hydrogen-bond donors (Lipinski definition) is 3. The van der Waals surface area contributed by atoms with Crippen molar-refractivity contribution in [1.82, 2.24) is 10.3 Å². The van der Waals surface area contributed by atoms with Gasteiger partial charge in [0.1, 0.15) is 5.75 Å². The summed E-state index contributed by atoms with van der Waals surface area (Å²) < 4.78 is 5.58. The number of rotatable bonds is 9. The Morgan fingerprint density at radius 3 is 2.58 bits per heavy atom. The van der Waals surface area contributed by atoms with Crippen LogP contribution < -0.4 is 15.0 Å². The van der Waals surface area contributed by atoms with Crippen molar-refractivity contribution in [1.29, 1.82) is 0 Å². The van der Waals surface area contributed by atoms with Gasteiger partial charge in [0, 0.05) is 54.1 Å². The predicted molar refractivity (Wildman–Crippen MR) is 151 cm³/mol. The highest BCUT2D eigenvalue weighted by Gasteiger charge is 2.52. The summed E-state index contributed by atoms with van der Waals surface area (Å²) in [6.45, 7) is 2.11. The Hall–Kier alpha value is -3.77. The number of carbonyl (C=O) groups is 1. The molecular weight excluding hydrogens is 474 g/mol. The number of aromatic amines is 1. The minimum absolute atomic E-state index is 0.0631. The molecule has 1 saturated heterocycles. The fourth-order valence-corrected chi connectivity index (χ4v) is 5.96. The van der Waals surface area contributed by atoms with E-state index in [2.05, 4.69) is 57.7 Å². The summed E-state index contributed by atoms with van der Waals surface area (Å²) in [5, 5.41) is 14.1. The molecule has 6 nitrogen and oxygen atoms in total. The van der Waals surface area contributed by atoms with E-state index in [1.165, 1.54) is 12.8 Å². The summed E-state index contributed by atoms with van der Waals surface area (Å²) in [6, 6.07) is 22.5. The first-order valence-corrected chi connectivity index (χ1v) is 13.6. The van der Waals surface area contributed by atoms with Crippen LogP contribution in [0.4, 0.5) is 5.69 Å². The molecule has 1 aliphatic heterocycles. The van der Waals surface area contributed by atoms with E-state index in [9.17, 15) is 9.90 Å². The van der Waals surface area contributed by atoms with Gasteiger partial charge in [-0.1, -0.05) is 42.5 Å². The standard InChI is InChI=1S/C32H35N3O3/c1-38-25-10-11-26(29(20-25)35-16-5-6-17-35)30(22-7-3-2-4-8-22)34-31(37)32(14-15-32)24-9-12-28-27(19-24)23(13-18-36)21-33-28/h2-4,7-12,19-21,30,33,36H,5-6,13-18H2,1H3,(H,34,37). The Bertz CT molecular complexity index is 1440. The summed E-state index contributed by atoms with van der Waals surface area (Å²) in [5.41, 5.74) is 5.91. The molecule has 38 heavy (non-hydrogen) atoms. The van der Waals surface area contributed by atoms with Crippen molar-refractivity contribution in [3.8, 4) is 5.75 Å². The molecule has 1 aromatic heterocycles. The largest absolute Gasteiger partial charge is 0.497 e. The van der Waals surface area contributed by atoms with E-state index in [-0.39, 0.29) is 18.6 Å². The van der Waals surface area contributed by atoms with Crippen molar-refractivity contribution >= 4 is 22.5 Å². The zero-order chi connectivity index (χ0) is 26.1. The van der Waals surface area contributed by atoms with Crippen LogP contribution >= 0.6 is 0 Å². The Labute approximate surface area is 223 Å². The smallest absolute Gasteiger partial charge is 0.231 e. The summed E-state index contributed by atoms with van der Waals surface area (Å²) >= 11 is 0. The Morgan fingerprint density at radius 1 is 1.08 bits per heavy atom. The lowest BCUT2D eigenvalue weighted by molar-refractivity contribution is -0.124. The van der Waals surface area contributed by atoms with Gasteiger partial charge in [-0.3, -0.25) is 4.79 Å². The van der Waals surface area contributed by atoms with Crippen molar-refractivity contribution in [3.05, 3.63) is 95.2 Å². The zero-order valence-corrected chi connectivity index (χ0v) is 21.9. The molecule has 1 atom stereocenters. The highest BCUT2D eigenvalue weighted by atomic mass is 16.5. The lowest BCUT2D eigenvalue weighted by atomic mass is 9.91. The number of aliphatic hydroxyl groups excluding tert-OH is 1. The molecule has 0 radical (unpaired) electrons. The van der Waals surface area contributed by atoms with Crippen LogP contribution in [0, 0.1) is 0 Å². The van der Waals surface area contributed by atoms with Crippen molar-refractivity contribution in [2.45, 2.75) is 43.6 Å². The molecule has 3 N–H and O–H groups in total. The van der Waals surface area contributed by atoms with Gasteiger partial charge in [0.05, 0.1) is 18.6 Å². The van der Waals surface area contributed by atoms with Crippen LogP contribution in [-0.4, -0.2) is 42.8 Å². The summed E-state index contributed by atoms with van der Waals surface area (Å²) in [4.78, 5) is 19.8. The second kappa shape index (κ2) is 10.2. The second-order valence-corrected chi connectivity index (χ2v) is 10.6. The minimum atomic E-state index is -0.532. The van der Waals surface area contributed by atoms with E-state index < -0.39 is 5.41 Å². The Morgan fingerprint density at radius 2 is 1.87 bits per heavy atom. The quantitative estimate of drug-likeness (QED) is 0.288. The third-order valence-corrected chi connectivity index (χ3v) is 8.29. The van der Waals surface area contributed by atoms with E-state index in [1.54, 1.807) is 7.11 Å². The Kier molecular flexibility index (Phi) is 6.58. The molecule has 4 aromatic rings. The van der Waals surface area contributed by atoms with Gasteiger partial charge in [-0.15, -0.1) is 0 Å². The van der Waals surface area contributed by atoms with Crippen LogP contribution in [0.3, 0.4) is 0 Å². The lowest BCUT2D eigenvalue weighted by Gasteiger charge is -2.29. The van der Waals surface area contributed by atoms with Crippen LogP contribution in [0.2, 0.25) is 0 Å². The summed E-state index contributed by atoms with van der Waals surface area (Å²) in [5.74, 6) is 0.888. The number of ether oxygens (including phenoxy) is 1. The number of methoxy groups -OCH3 is 1. The molecule has 1 saturated carbocycles. The average molecular weight is 510 g/mol. The molecule has 6 rings (SSSR count). The third-order valence-electron chi connectivity index (χ3n) is 8.29. The van der Waals surface area contributed by atoms with E-state index >= 15 is 0 Å². The number of nitrogens with one attached hydrogen (secondary N) is 2. The second-order valence-electron chi connectivity index (χ2n) is 10.6. The molecule has 1 aliphatic carbocycles. The van der Waals surface area contributed by atoms with Gasteiger partial charge in [0.2, 0.25) is 5.91 Å². The first kappa shape index (κ1) is 24.6. The molecule has 2 fully saturated rings. The molecule has 0 bridgehead atoms. The van der Waals surface area contributed by atoms with Crippen LogP contribution in [0.15, 0.2) is 72.9 Å². The normalized spacial score (nSPS) is 16.9. The van der Waals surface area contributed by atoms with Crippen LogP contribution in [-0.2, 0) is 16.6 Å². The first-order chi connectivity index (χ1) is 18.6. The number of hydrogen-bond acceptors (Lipinski definition) is 4. The van der Waals surface area contributed by atoms with Crippen molar-refractivity contribution in [2.75, 3.05) is 31.7 Å². The van der Waals surface area contributed by atoms with E-state index in [0.717, 1.165) is 70.5 Å². The molecule has 3 aromatic carbocycles. The van der Waals surface area contributed by atoms with Gasteiger partial charge < -0.3 is 25.0 Å². The molecule has 196 valence electrons. The van der Waals surface area contributed by atoms with Gasteiger partial charge in [-0.25, -0.2) is 0 Å². The maximum absolute atomic E-state index is 14.1. The van der Waals surface area contributed by atoms with E-state index in [4.69, 9.17) is 4.74 Å². The molecule has 6 heteroatoms. The third kappa shape index (κ3) is 4.43. The summed E-state index contributed by atoms with van der Waals surface area (Å²) in [6.07, 6.45) is 6.54. The molecule has 1 amide bonds. The SMILES string of the molecule is COc1ccc(C(NC(=O)C2(c3ccc4[nH]cc(CCO)c4c3)CC2)c2ccccc2)c(N2CCCC2)c1. The Balaban J connectivity index is 1.37. The number of amides is 1. The number of fused-ring (bicyclic) bond motifs is 1. The number of H-pyrrole nitrogens is 1. The van der Waals surface area contributed by atoms with E-state index in [1.807, 2.05) is 30.5 Å². The maximum atomic E-state index is 14.1. The number of nitrogens with zero attached hydrogens (tertiary/aromatic N) is 1. The van der Waals surface area contributed by atoms with Crippen LogP contribution in [0.1, 0.15) is 54.0 Å². The fourth-order valence-electron chi connectivity index (χ4n) is 5.96.